The Bertz CT molecular complexity index is 469. The van der Waals surface area contributed by atoms with Gasteiger partial charge >= 0.3 is 0 Å². The van der Waals surface area contributed by atoms with E-state index in [1.165, 1.54) is 10.4 Å². The molecule has 2 heterocycles. The van der Waals surface area contributed by atoms with Gasteiger partial charge < -0.3 is 15.8 Å². The van der Waals surface area contributed by atoms with Crippen molar-refractivity contribution in [2.45, 2.75) is 38.5 Å². The van der Waals surface area contributed by atoms with E-state index in [0.29, 0.717) is 25.6 Å². The molecule has 5 nitrogen and oxygen atoms in total. The first-order chi connectivity index (χ1) is 10.1. The molecule has 0 radical (unpaired) electrons. The molecule has 1 aliphatic heterocycles. The zero-order valence-corrected chi connectivity index (χ0v) is 16.1. The van der Waals surface area contributed by atoms with E-state index >= 15 is 0 Å². The van der Waals surface area contributed by atoms with Gasteiger partial charge in [-0.25, -0.2) is 0 Å². The summed E-state index contributed by atoms with van der Waals surface area (Å²) in [4.78, 5) is 15.8. The van der Waals surface area contributed by atoms with Gasteiger partial charge in [0.25, 0.3) is 0 Å². The number of hydrogen-bond donors (Lipinski definition) is 2. The Kier molecular flexibility index (Phi) is 11.1. The third-order valence-electron chi connectivity index (χ3n) is 4.06. The monoisotopic (exact) mass is 383 g/mol. The van der Waals surface area contributed by atoms with E-state index < -0.39 is 0 Å². The zero-order chi connectivity index (χ0) is 15.2. The molecule has 134 valence electrons. The first kappa shape index (κ1) is 22.6. The van der Waals surface area contributed by atoms with Crippen LogP contribution in [0.2, 0.25) is 0 Å². The van der Waals surface area contributed by atoms with Gasteiger partial charge in [0.15, 0.2) is 0 Å². The number of thiophene rings is 1. The lowest BCUT2D eigenvalue weighted by Gasteiger charge is -2.32. The van der Waals surface area contributed by atoms with Gasteiger partial charge in [-0.3, -0.25) is 9.69 Å². The molecule has 1 aromatic rings. The lowest BCUT2D eigenvalue weighted by molar-refractivity contribution is -0.123. The van der Waals surface area contributed by atoms with Gasteiger partial charge in [0.05, 0.1) is 12.5 Å². The molecule has 0 aromatic carbocycles. The van der Waals surface area contributed by atoms with Gasteiger partial charge in [0, 0.05) is 44.2 Å². The van der Waals surface area contributed by atoms with Crippen molar-refractivity contribution in [2.24, 2.45) is 5.73 Å². The van der Waals surface area contributed by atoms with Gasteiger partial charge in [-0.2, -0.15) is 0 Å². The molecule has 2 unspecified atom stereocenters. The Morgan fingerprint density at radius 2 is 2.26 bits per heavy atom. The summed E-state index contributed by atoms with van der Waals surface area (Å²) in [6, 6.07) is 2.54. The van der Waals surface area contributed by atoms with Gasteiger partial charge in [-0.15, -0.1) is 36.2 Å². The van der Waals surface area contributed by atoms with Gasteiger partial charge in [-0.05, 0) is 30.4 Å². The Morgan fingerprint density at radius 1 is 1.52 bits per heavy atom. The number of hydrogen-bond acceptors (Lipinski definition) is 5. The number of methoxy groups -OCH3 is 1. The second-order valence-corrected chi connectivity index (χ2v) is 6.54. The maximum Gasteiger partial charge on any atom is 0.222 e. The molecule has 0 fully saturated rings. The number of halogens is 2. The average molecular weight is 384 g/mol. The molecule has 1 aromatic heterocycles. The highest BCUT2D eigenvalue weighted by molar-refractivity contribution is 7.10. The Morgan fingerprint density at radius 3 is 2.91 bits per heavy atom. The van der Waals surface area contributed by atoms with E-state index in [0.717, 1.165) is 19.5 Å². The lowest BCUT2D eigenvalue weighted by atomic mass is 10.1. The normalized spacial score (nSPS) is 16.5. The molecule has 2 atom stereocenters. The topological polar surface area (TPSA) is 67.6 Å². The standard InChI is InChI=1S/C15H25N3O2S.2ClH/c1-11(9-17-15(19)7-13(8-16)20-2)18-5-3-14-12(10-18)4-6-21-14;;/h4,6,11,13H,3,5,7-10,16H2,1-2H3,(H,17,19);2*1H. The molecule has 1 aliphatic rings. The van der Waals surface area contributed by atoms with Crippen LogP contribution in [0.15, 0.2) is 11.4 Å². The molecule has 0 saturated carbocycles. The van der Waals surface area contributed by atoms with Gasteiger partial charge in [0.1, 0.15) is 0 Å². The smallest absolute Gasteiger partial charge is 0.222 e. The summed E-state index contributed by atoms with van der Waals surface area (Å²) in [5.74, 6) is 0.00684. The van der Waals surface area contributed by atoms with Crippen molar-refractivity contribution in [2.75, 3.05) is 26.7 Å². The summed E-state index contributed by atoms with van der Waals surface area (Å²) in [7, 11) is 1.58. The van der Waals surface area contributed by atoms with Crippen LogP contribution in [-0.2, 0) is 22.5 Å². The molecule has 0 bridgehead atoms. The summed E-state index contributed by atoms with van der Waals surface area (Å²) in [6.45, 7) is 5.24. The highest BCUT2D eigenvalue weighted by Crippen LogP contribution is 2.24. The second kappa shape index (κ2) is 11.2. The maximum absolute atomic E-state index is 11.9. The van der Waals surface area contributed by atoms with E-state index in [-0.39, 0.29) is 36.8 Å². The number of ether oxygens (including phenoxy) is 1. The van der Waals surface area contributed by atoms with E-state index in [9.17, 15) is 4.79 Å². The minimum Gasteiger partial charge on any atom is -0.380 e. The van der Waals surface area contributed by atoms with Crippen LogP contribution in [-0.4, -0.2) is 49.7 Å². The van der Waals surface area contributed by atoms with Gasteiger partial charge in [0.2, 0.25) is 5.91 Å². The lowest BCUT2D eigenvalue weighted by Crippen LogP contribution is -2.44. The van der Waals surface area contributed by atoms with Crippen LogP contribution >= 0.6 is 36.2 Å². The van der Waals surface area contributed by atoms with Crippen molar-refractivity contribution in [3.05, 3.63) is 21.9 Å². The molecule has 1 amide bonds. The number of nitrogens with one attached hydrogen (secondary N) is 1. The van der Waals surface area contributed by atoms with Crippen LogP contribution in [0, 0.1) is 0 Å². The molecule has 8 heteroatoms. The summed E-state index contributed by atoms with van der Waals surface area (Å²) in [5.41, 5.74) is 6.96. The van der Waals surface area contributed by atoms with Crippen LogP contribution in [0.25, 0.3) is 0 Å². The number of nitrogens with zero attached hydrogens (tertiary/aromatic N) is 1. The number of rotatable bonds is 7. The first-order valence-corrected chi connectivity index (χ1v) is 8.30. The van der Waals surface area contributed by atoms with Crippen molar-refractivity contribution in [3.8, 4) is 0 Å². The molecular formula is C15H27Cl2N3O2S. The Hall–Kier alpha value is -0.370. The van der Waals surface area contributed by atoms with Crippen LogP contribution in [0.5, 0.6) is 0 Å². The van der Waals surface area contributed by atoms with E-state index in [1.54, 1.807) is 7.11 Å². The van der Waals surface area contributed by atoms with Crippen molar-refractivity contribution < 1.29 is 9.53 Å². The van der Waals surface area contributed by atoms with Gasteiger partial charge in [-0.1, -0.05) is 0 Å². The first-order valence-electron chi connectivity index (χ1n) is 7.43. The Balaban J connectivity index is 0.00000242. The molecular weight excluding hydrogens is 357 g/mol. The Labute approximate surface area is 154 Å². The molecule has 0 aliphatic carbocycles. The minimum atomic E-state index is -0.191. The fourth-order valence-electron chi connectivity index (χ4n) is 2.58. The molecule has 3 N–H and O–H groups in total. The quantitative estimate of drug-likeness (QED) is 0.753. The number of carbonyl (C=O) groups is 1. The summed E-state index contributed by atoms with van der Waals surface area (Å²) in [5, 5.41) is 5.15. The van der Waals surface area contributed by atoms with Crippen LogP contribution in [0.3, 0.4) is 0 Å². The molecule has 23 heavy (non-hydrogen) atoms. The van der Waals surface area contributed by atoms with Crippen molar-refractivity contribution >= 4 is 42.1 Å². The predicted octanol–water partition coefficient (Wildman–Crippen LogP) is 1.82. The average Bonchev–Trinajstić information content (AvgIpc) is 2.97. The number of fused-ring (bicyclic) bond motifs is 1. The highest BCUT2D eigenvalue weighted by atomic mass is 35.5. The number of amides is 1. The predicted molar refractivity (Wildman–Crippen MR) is 99.9 cm³/mol. The van der Waals surface area contributed by atoms with Crippen molar-refractivity contribution in [1.82, 2.24) is 10.2 Å². The third-order valence-corrected chi connectivity index (χ3v) is 5.09. The maximum atomic E-state index is 11.9. The summed E-state index contributed by atoms with van der Waals surface area (Å²) < 4.78 is 5.13. The minimum absolute atomic E-state index is 0. The summed E-state index contributed by atoms with van der Waals surface area (Å²) >= 11 is 1.85. The fourth-order valence-corrected chi connectivity index (χ4v) is 3.47. The second-order valence-electron chi connectivity index (χ2n) is 5.54. The number of nitrogens with two attached hydrogens (primary N) is 1. The van der Waals surface area contributed by atoms with E-state index in [4.69, 9.17) is 10.5 Å². The molecule has 2 rings (SSSR count). The van der Waals surface area contributed by atoms with Crippen LogP contribution < -0.4 is 11.1 Å². The number of carbonyl (C=O) groups excluding carboxylic acids is 1. The third kappa shape index (κ3) is 6.57. The largest absolute Gasteiger partial charge is 0.380 e. The van der Waals surface area contributed by atoms with Crippen LogP contribution in [0.1, 0.15) is 23.8 Å². The molecule has 0 spiro atoms. The van der Waals surface area contributed by atoms with Crippen molar-refractivity contribution in [1.29, 1.82) is 0 Å². The fraction of sp³-hybridized carbons (Fsp3) is 0.667. The van der Waals surface area contributed by atoms with E-state index in [1.807, 2.05) is 11.3 Å². The summed E-state index contributed by atoms with van der Waals surface area (Å²) in [6.07, 6.45) is 1.25. The SMILES string of the molecule is COC(CN)CC(=O)NCC(C)N1CCc2sccc2C1.Cl.Cl. The highest BCUT2D eigenvalue weighted by Gasteiger charge is 2.22. The zero-order valence-electron chi connectivity index (χ0n) is 13.6. The molecule has 0 saturated heterocycles. The van der Waals surface area contributed by atoms with Crippen LogP contribution in [0.4, 0.5) is 0 Å². The van der Waals surface area contributed by atoms with E-state index in [2.05, 4.69) is 28.6 Å². The van der Waals surface area contributed by atoms with Crippen molar-refractivity contribution in [3.63, 3.8) is 0 Å².